The molecule has 0 spiro atoms. The molecular weight excluding hydrogens is 288 g/mol. The normalized spacial score (nSPS) is 19.9. The van der Waals surface area contributed by atoms with Crippen LogP contribution >= 0.6 is 15.9 Å². The molecule has 0 radical (unpaired) electrons. The second-order valence-electron chi connectivity index (χ2n) is 4.09. The number of aliphatic hydroxyl groups is 1. The molecule has 1 atom stereocenters. The minimum Gasteiger partial charge on any atom is -0.394 e. The van der Waals surface area contributed by atoms with Crippen molar-refractivity contribution in [2.45, 2.75) is 19.0 Å². The molecule has 1 aliphatic heterocycles. The van der Waals surface area contributed by atoms with Crippen molar-refractivity contribution < 1.29 is 5.11 Å². The van der Waals surface area contributed by atoms with Crippen LogP contribution in [0.4, 0.5) is 5.69 Å². The molecule has 1 unspecified atom stereocenters. The maximum absolute atomic E-state index is 11.9. The Labute approximate surface area is 107 Å². The summed E-state index contributed by atoms with van der Waals surface area (Å²) in [7, 11) is 0. The third kappa shape index (κ3) is 2.51. The van der Waals surface area contributed by atoms with Crippen LogP contribution in [0.15, 0.2) is 15.5 Å². The maximum atomic E-state index is 11.9. The largest absolute Gasteiger partial charge is 0.394 e. The van der Waals surface area contributed by atoms with Gasteiger partial charge in [0.05, 0.1) is 25.0 Å². The molecule has 2 rings (SSSR count). The quantitative estimate of drug-likeness (QED) is 0.789. The number of hydrogen-bond acceptors (Lipinski definition) is 5. The molecule has 1 aromatic heterocycles. The van der Waals surface area contributed by atoms with Crippen molar-refractivity contribution >= 4 is 21.6 Å². The zero-order chi connectivity index (χ0) is 12.4. The van der Waals surface area contributed by atoms with E-state index in [1.807, 2.05) is 4.90 Å². The highest BCUT2D eigenvalue weighted by Crippen LogP contribution is 2.24. The molecule has 1 aliphatic rings. The molecule has 7 heteroatoms. The van der Waals surface area contributed by atoms with Crippen LogP contribution in [-0.4, -0.2) is 40.6 Å². The Morgan fingerprint density at radius 1 is 1.65 bits per heavy atom. The highest BCUT2D eigenvalue weighted by Gasteiger charge is 2.22. The number of anilines is 1. The second kappa shape index (κ2) is 5.16. The molecule has 3 N–H and O–H groups in total. The van der Waals surface area contributed by atoms with Gasteiger partial charge in [0.1, 0.15) is 4.47 Å². The fourth-order valence-corrected chi connectivity index (χ4v) is 2.49. The van der Waals surface area contributed by atoms with Crippen molar-refractivity contribution in [2.24, 2.45) is 5.73 Å². The number of hydrogen-bond donors (Lipinski definition) is 2. The summed E-state index contributed by atoms with van der Waals surface area (Å²) in [6.45, 7) is 1.68. The van der Waals surface area contributed by atoms with E-state index in [4.69, 9.17) is 10.8 Å². The highest BCUT2D eigenvalue weighted by molar-refractivity contribution is 9.10. The Balaban J connectivity index is 2.31. The van der Waals surface area contributed by atoms with E-state index in [1.165, 1.54) is 4.68 Å². The van der Waals surface area contributed by atoms with E-state index in [1.54, 1.807) is 6.20 Å². The lowest BCUT2D eigenvalue weighted by Crippen LogP contribution is -2.31. The first-order valence-electron chi connectivity index (χ1n) is 5.50. The lowest BCUT2D eigenvalue weighted by atomic mass is 10.3. The number of aliphatic hydroxyl groups excluding tert-OH is 1. The Morgan fingerprint density at radius 3 is 3.00 bits per heavy atom. The molecule has 0 aliphatic carbocycles. The van der Waals surface area contributed by atoms with Gasteiger partial charge in [0.15, 0.2) is 0 Å². The van der Waals surface area contributed by atoms with Crippen LogP contribution in [0.1, 0.15) is 6.42 Å². The van der Waals surface area contributed by atoms with Gasteiger partial charge in [-0.25, -0.2) is 4.68 Å². The van der Waals surface area contributed by atoms with Crippen LogP contribution in [0.3, 0.4) is 0 Å². The van der Waals surface area contributed by atoms with Crippen molar-refractivity contribution in [3.05, 3.63) is 21.0 Å². The topological polar surface area (TPSA) is 84.4 Å². The van der Waals surface area contributed by atoms with E-state index in [0.717, 1.165) is 25.2 Å². The molecule has 6 nitrogen and oxygen atoms in total. The first-order valence-corrected chi connectivity index (χ1v) is 6.29. The highest BCUT2D eigenvalue weighted by atomic mass is 79.9. The van der Waals surface area contributed by atoms with Crippen LogP contribution < -0.4 is 16.2 Å². The smallest absolute Gasteiger partial charge is 0.283 e. The third-order valence-corrected chi connectivity index (χ3v) is 3.59. The summed E-state index contributed by atoms with van der Waals surface area (Å²) in [6, 6.07) is 0.154. The predicted molar refractivity (Wildman–Crippen MR) is 68.1 cm³/mol. The van der Waals surface area contributed by atoms with Gasteiger partial charge < -0.3 is 15.7 Å². The average molecular weight is 303 g/mol. The SMILES string of the molecule is NC1CCN(c2cnn(CCO)c(=O)c2Br)C1. The van der Waals surface area contributed by atoms with Crippen LogP contribution in [0.5, 0.6) is 0 Å². The number of rotatable bonds is 3. The summed E-state index contributed by atoms with van der Waals surface area (Å²) in [5.41, 5.74) is 6.38. The van der Waals surface area contributed by atoms with Gasteiger partial charge in [-0.3, -0.25) is 4.79 Å². The molecule has 1 fully saturated rings. The van der Waals surface area contributed by atoms with E-state index in [0.29, 0.717) is 4.47 Å². The van der Waals surface area contributed by atoms with Gasteiger partial charge in [0.2, 0.25) is 0 Å². The zero-order valence-electron chi connectivity index (χ0n) is 9.34. The number of nitrogens with zero attached hydrogens (tertiary/aromatic N) is 3. The fourth-order valence-electron chi connectivity index (χ4n) is 1.94. The predicted octanol–water partition coefficient (Wildman–Crippen LogP) is -0.465. The van der Waals surface area contributed by atoms with Gasteiger partial charge in [0, 0.05) is 19.1 Å². The molecule has 17 heavy (non-hydrogen) atoms. The van der Waals surface area contributed by atoms with E-state index < -0.39 is 0 Å². The Morgan fingerprint density at radius 2 is 2.41 bits per heavy atom. The van der Waals surface area contributed by atoms with Crippen LogP contribution in [-0.2, 0) is 6.54 Å². The number of aromatic nitrogens is 2. The molecule has 0 saturated carbocycles. The molecule has 1 aromatic rings. The Bertz CT molecular complexity index is 462. The summed E-state index contributed by atoms with van der Waals surface area (Å²) in [5.74, 6) is 0. The van der Waals surface area contributed by atoms with Gasteiger partial charge in [-0.2, -0.15) is 5.10 Å². The minimum atomic E-state index is -0.225. The van der Waals surface area contributed by atoms with E-state index in [-0.39, 0.29) is 24.8 Å². The summed E-state index contributed by atoms with van der Waals surface area (Å²) in [4.78, 5) is 14.0. The maximum Gasteiger partial charge on any atom is 0.283 e. The van der Waals surface area contributed by atoms with Gasteiger partial charge in [-0.1, -0.05) is 0 Å². The van der Waals surface area contributed by atoms with E-state index in [9.17, 15) is 4.79 Å². The van der Waals surface area contributed by atoms with Gasteiger partial charge in [-0.15, -0.1) is 0 Å². The Hall–Kier alpha value is -0.920. The van der Waals surface area contributed by atoms with Crippen molar-refractivity contribution in [3.8, 4) is 0 Å². The summed E-state index contributed by atoms with van der Waals surface area (Å²) in [5, 5.41) is 12.8. The first kappa shape index (κ1) is 12.5. The molecule has 0 aromatic carbocycles. The lowest BCUT2D eigenvalue weighted by Gasteiger charge is -2.19. The van der Waals surface area contributed by atoms with Gasteiger partial charge >= 0.3 is 0 Å². The van der Waals surface area contributed by atoms with Gasteiger partial charge in [-0.05, 0) is 22.4 Å². The van der Waals surface area contributed by atoms with Crippen molar-refractivity contribution in [1.82, 2.24) is 9.78 Å². The van der Waals surface area contributed by atoms with Crippen molar-refractivity contribution in [3.63, 3.8) is 0 Å². The third-order valence-electron chi connectivity index (χ3n) is 2.84. The standard InChI is InChI=1S/C10H15BrN4O2/c11-9-8(14-2-1-7(12)6-14)5-13-15(3-4-16)10(9)17/h5,7,16H,1-4,6,12H2. The first-order chi connectivity index (χ1) is 8.13. The number of halogens is 1. The summed E-state index contributed by atoms with van der Waals surface area (Å²) in [6.07, 6.45) is 2.56. The molecule has 0 amide bonds. The Kier molecular flexibility index (Phi) is 3.80. The van der Waals surface area contributed by atoms with Crippen LogP contribution in [0, 0.1) is 0 Å². The summed E-state index contributed by atoms with van der Waals surface area (Å²) < 4.78 is 1.72. The van der Waals surface area contributed by atoms with Crippen molar-refractivity contribution in [2.75, 3.05) is 24.6 Å². The number of nitrogens with two attached hydrogens (primary N) is 1. The molecule has 2 heterocycles. The zero-order valence-corrected chi connectivity index (χ0v) is 10.9. The average Bonchev–Trinajstić information content (AvgIpc) is 2.72. The molecule has 0 bridgehead atoms. The second-order valence-corrected chi connectivity index (χ2v) is 4.88. The van der Waals surface area contributed by atoms with E-state index in [2.05, 4.69) is 21.0 Å². The van der Waals surface area contributed by atoms with Crippen LogP contribution in [0.2, 0.25) is 0 Å². The lowest BCUT2D eigenvalue weighted by molar-refractivity contribution is 0.266. The minimum absolute atomic E-state index is 0.104. The van der Waals surface area contributed by atoms with Gasteiger partial charge in [0.25, 0.3) is 5.56 Å². The van der Waals surface area contributed by atoms with Crippen molar-refractivity contribution in [1.29, 1.82) is 0 Å². The molecule has 94 valence electrons. The molecule has 1 saturated heterocycles. The fraction of sp³-hybridized carbons (Fsp3) is 0.600. The summed E-state index contributed by atoms with van der Waals surface area (Å²) >= 11 is 3.29. The monoisotopic (exact) mass is 302 g/mol. The van der Waals surface area contributed by atoms with Crippen LogP contribution in [0.25, 0.3) is 0 Å². The molecular formula is C10H15BrN4O2. The van der Waals surface area contributed by atoms with E-state index >= 15 is 0 Å².